The highest BCUT2D eigenvalue weighted by atomic mass is 35.5. The van der Waals surface area contributed by atoms with Gasteiger partial charge in [-0.25, -0.2) is 0 Å². The van der Waals surface area contributed by atoms with Crippen molar-refractivity contribution >= 4 is 46.1 Å². The fraction of sp³-hybridized carbons (Fsp3) is 0.125. The van der Waals surface area contributed by atoms with Crippen molar-refractivity contribution in [1.29, 1.82) is 0 Å². The van der Waals surface area contributed by atoms with Crippen molar-refractivity contribution in [2.45, 2.75) is 4.90 Å². The summed E-state index contributed by atoms with van der Waals surface area (Å²) in [5.74, 6) is -0.234. The Morgan fingerprint density at radius 1 is 0.969 bits per heavy atom. The van der Waals surface area contributed by atoms with Gasteiger partial charge in [0.15, 0.2) is 5.58 Å². The normalized spacial score (nSPS) is 13.1. The maximum atomic E-state index is 12.5. The van der Waals surface area contributed by atoms with E-state index >= 15 is 0 Å². The molecule has 1 aliphatic rings. The summed E-state index contributed by atoms with van der Waals surface area (Å²) in [6.07, 6.45) is 2.01. The summed E-state index contributed by atoms with van der Waals surface area (Å²) in [6.45, 7) is 0.219. The summed E-state index contributed by atoms with van der Waals surface area (Å²) in [7, 11) is 0. The van der Waals surface area contributed by atoms with Crippen molar-refractivity contribution in [3.63, 3.8) is 0 Å². The van der Waals surface area contributed by atoms with Gasteiger partial charge in [0, 0.05) is 10.5 Å². The largest absolute Gasteiger partial charge is 0.490 e. The number of amides is 2. The number of hydrogen-bond acceptors (Lipinski definition) is 6. The minimum absolute atomic E-state index is 0.104. The van der Waals surface area contributed by atoms with Gasteiger partial charge in [-0.15, -0.1) is 11.8 Å². The topological polar surface area (TPSA) is 72.6 Å². The average Bonchev–Trinajstić information content (AvgIpc) is 3.36. The molecule has 8 heteroatoms. The summed E-state index contributed by atoms with van der Waals surface area (Å²) in [5.41, 5.74) is 2.93. The lowest BCUT2D eigenvalue weighted by Crippen LogP contribution is -2.33. The molecule has 0 saturated carbocycles. The number of aromatic nitrogens is 1. The van der Waals surface area contributed by atoms with E-state index in [1.165, 1.54) is 4.90 Å². The fourth-order valence-corrected chi connectivity index (χ4v) is 4.64. The van der Waals surface area contributed by atoms with Crippen LogP contribution in [0.4, 0.5) is 0 Å². The van der Waals surface area contributed by atoms with Crippen molar-refractivity contribution in [2.75, 3.05) is 19.4 Å². The third-order valence-corrected chi connectivity index (χ3v) is 6.51. The first kappa shape index (κ1) is 20.6. The number of carbonyl (C=O) groups excluding carboxylic acids is 2. The van der Waals surface area contributed by atoms with Gasteiger partial charge in [-0.05, 0) is 36.6 Å². The molecule has 0 fully saturated rings. The van der Waals surface area contributed by atoms with Crippen LogP contribution in [-0.2, 0) is 0 Å². The Bertz CT molecular complexity index is 1330. The highest BCUT2D eigenvalue weighted by molar-refractivity contribution is 7.98. The van der Waals surface area contributed by atoms with Crippen molar-refractivity contribution in [1.82, 2.24) is 10.1 Å². The van der Waals surface area contributed by atoms with Crippen LogP contribution in [0.3, 0.4) is 0 Å². The molecule has 4 aromatic rings. The summed E-state index contributed by atoms with van der Waals surface area (Å²) in [4.78, 5) is 27.2. The van der Waals surface area contributed by atoms with Crippen LogP contribution in [0.2, 0.25) is 5.02 Å². The molecule has 0 unspecified atom stereocenters. The molecule has 0 spiro atoms. The summed E-state index contributed by atoms with van der Waals surface area (Å²) < 4.78 is 11.3. The van der Waals surface area contributed by atoms with E-state index in [0.717, 1.165) is 15.8 Å². The molecule has 0 saturated heterocycles. The summed E-state index contributed by atoms with van der Waals surface area (Å²) in [6, 6.07) is 18.3. The van der Waals surface area contributed by atoms with Crippen LogP contribution >= 0.6 is 23.4 Å². The van der Waals surface area contributed by atoms with E-state index in [1.54, 1.807) is 42.1 Å². The second kappa shape index (κ2) is 8.33. The molecular weight excluding hydrogens is 448 g/mol. The Morgan fingerprint density at radius 2 is 1.62 bits per heavy atom. The number of thioether (sulfide) groups is 1. The molecule has 0 atom stereocenters. The molecule has 3 aromatic carbocycles. The van der Waals surface area contributed by atoms with E-state index in [-0.39, 0.29) is 25.0 Å². The zero-order chi connectivity index (χ0) is 22.2. The minimum atomic E-state index is -0.317. The lowest BCUT2D eigenvalue weighted by atomic mass is 10.1. The molecule has 0 N–H and O–H groups in total. The van der Waals surface area contributed by atoms with E-state index in [2.05, 4.69) is 5.16 Å². The van der Waals surface area contributed by atoms with Gasteiger partial charge >= 0.3 is 0 Å². The zero-order valence-corrected chi connectivity index (χ0v) is 18.6. The molecule has 5 rings (SSSR count). The van der Waals surface area contributed by atoms with Gasteiger partial charge in [-0.2, -0.15) is 0 Å². The Hall–Kier alpha value is -3.29. The number of rotatable bonds is 6. The van der Waals surface area contributed by atoms with Gasteiger partial charge in [0.25, 0.3) is 11.8 Å². The van der Waals surface area contributed by atoms with E-state index in [9.17, 15) is 9.59 Å². The van der Waals surface area contributed by atoms with Crippen LogP contribution < -0.4 is 4.74 Å². The van der Waals surface area contributed by atoms with Crippen LogP contribution in [0, 0.1) is 0 Å². The quantitative estimate of drug-likeness (QED) is 0.275. The van der Waals surface area contributed by atoms with Crippen LogP contribution in [0.25, 0.3) is 22.2 Å². The van der Waals surface area contributed by atoms with E-state index in [0.29, 0.717) is 33.2 Å². The number of imide groups is 1. The number of hydrogen-bond donors (Lipinski definition) is 0. The predicted molar refractivity (Wildman–Crippen MR) is 124 cm³/mol. The Labute approximate surface area is 193 Å². The van der Waals surface area contributed by atoms with Crippen LogP contribution in [0.15, 0.2) is 70.1 Å². The molecule has 2 amide bonds. The second-order valence-electron chi connectivity index (χ2n) is 7.14. The van der Waals surface area contributed by atoms with E-state index in [1.807, 2.05) is 36.6 Å². The molecule has 0 aliphatic carbocycles. The Morgan fingerprint density at radius 3 is 2.31 bits per heavy atom. The van der Waals surface area contributed by atoms with E-state index < -0.39 is 0 Å². The minimum Gasteiger partial charge on any atom is -0.490 e. The lowest BCUT2D eigenvalue weighted by molar-refractivity contribution is 0.0631. The maximum absolute atomic E-state index is 12.5. The molecule has 1 aromatic heterocycles. The Kier molecular flexibility index (Phi) is 5.36. The monoisotopic (exact) mass is 464 g/mol. The van der Waals surface area contributed by atoms with Gasteiger partial charge < -0.3 is 9.26 Å². The molecule has 32 heavy (non-hydrogen) atoms. The SMILES string of the molecule is CSc1ccccc1-c1noc2c(Cl)c(OCCN3C(=O)c4ccccc4C3=O)ccc12. The van der Waals surface area contributed by atoms with Gasteiger partial charge in [0.2, 0.25) is 0 Å². The summed E-state index contributed by atoms with van der Waals surface area (Å²) >= 11 is 8.16. The molecule has 0 bridgehead atoms. The molecule has 160 valence electrons. The van der Waals surface area contributed by atoms with Crippen molar-refractivity contribution in [3.8, 4) is 17.0 Å². The van der Waals surface area contributed by atoms with Crippen molar-refractivity contribution in [3.05, 3.63) is 76.8 Å². The summed E-state index contributed by atoms with van der Waals surface area (Å²) in [5, 5.41) is 5.31. The molecule has 2 heterocycles. The average molecular weight is 465 g/mol. The smallest absolute Gasteiger partial charge is 0.261 e. The van der Waals surface area contributed by atoms with Crippen LogP contribution in [-0.4, -0.2) is 41.3 Å². The van der Waals surface area contributed by atoms with Crippen molar-refractivity contribution < 1.29 is 18.8 Å². The Balaban J connectivity index is 1.35. The zero-order valence-electron chi connectivity index (χ0n) is 17.0. The first-order valence-electron chi connectivity index (χ1n) is 9.89. The number of benzene rings is 3. The molecule has 6 nitrogen and oxygen atoms in total. The highest BCUT2D eigenvalue weighted by Gasteiger charge is 2.34. The number of halogens is 1. The van der Waals surface area contributed by atoms with Crippen LogP contribution in [0.1, 0.15) is 20.7 Å². The van der Waals surface area contributed by atoms with Gasteiger partial charge in [-0.3, -0.25) is 14.5 Å². The first-order chi connectivity index (χ1) is 15.6. The second-order valence-corrected chi connectivity index (χ2v) is 8.37. The highest BCUT2D eigenvalue weighted by Crippen LogP contribution is 2.39. The third-order valence-electron chi connectivity index (χ3n) is 5.36. The molecular formula is C24H17ClN2O4S. The fourth-order valence-electron chi connectivity index (χ4n) is 3.79. The number of ether oxygens (including phenoxy) is 1. The number of nitrogens with zero attached hydrogens (tertiary/aromatic N) is 2. The maximum Gasteiger partial charge on any atom is 0.261 e. The van der Waals surface area contributed by atoms with Crippen LogP contribution in [0.5, 0.6) is 5.75 Å². The van der Waals surface area contributed by atoms with Gasteiger partial charge in [0.1, 0.15) is 23.1 Å². The van der Waals surface area contributed by atoms with Gasteiger partial charge in [-0.1, -0.05) is 47.1 Å². The third kappa shape index (κ3) is 3.34. The predicted octanol–water partition coefficient (Wildman–Crippen LogP) is 5.55. The van der Waals surface area contributed by atoms with Gasteiger partial charge in [0.05, 0.1) is 23.1 Å². The van der Waals surface area contributed by atoms with Crippen molar-refractivity contribution in [2.24, 2.45) is 0 Å². The van der Waals surface area contributed by atoms with E-state index in [4.69, 9.17) is 20.9 Å². The molecule has 0 radical (unpaired) electrons. The lowest BCUT2D eigenvalue weighted by Gasteiger charge is -2.15. The standard InChI is InChI=1S/C24H17ClN2O4S/c1-32-19-9-5-4-8-16(19)21-17-10-11-18(20(25)22(17)31-26-21)30-13-12-27-23(28)14-6-2-3-7-15(14)24(27)29/h2-11H,12-13H2,1H3. The number of carbonyl (C=O) groups is 2. The first-order valence-corrected chi connectivity index (χ1v) is 11.5. The number of fused-ring (bicyclic) bond motifs is 2. The molecule has 1 aliphatic heterocycles.